The van der Waals surface area contributed by atoms with E-state index in [4.69, 9.17) is 10.8 Å². The Labute approximate surface area is 72.4 Å². The summed E-state index contributed by atoms with van der Waals surface area (Å²) in [7, 11) is 0. The lowest BCUT2D eigenvalue weighted by Crippen LogP contribution is -2.46. The summed E-state index contributed by atoms with van der Waals surface area (Å²) in [6, 6.07) is 0. The van der Waals surface area contributed by atoms with Crippen LogP contribution >= 0.6 is 0 Å². The number of amides is 1. The fourth-order valence-electron chi connectivity index (χ4n) is 0.521. The Morgan fingerprint density at radius 2 is 2.17 bits per heavy atom. The molecule has 4 nitrogen and oxygen atoms in total. The summed E-state index contributed by atoms with van der Waals surface area (Å²) in [5.41, 5.74) is 4.99. The summed E-state index contributed by atoms with van der Waals surface area (Å²) in [4.78, 5) is 11.2. The van der Waals surface area contributed by atoms with E-state index >= 15 is 0 Å². The largest absolute Gasteiger partial charge is 0.404 e. The van der Waals surface area contributed by atoms with Crippen LogP contribution in [-0.2, 0) is 4.79 Å². The summed E-state index contributed by atoms with van der Waals surface area (Å²) in [5.74, 6) is -0.253. The van der Waals surface area contributed by atoms with Crippen molar-refractivity contribution in [3.05, 3.63) is 11.8 Å². The van der Waals surface area contributed by atoms with Gasteiger partial charge in [0.1, 0.15) is 0 Å². The Hall–Kier alpha value is -1.03. The van der Waals surface area contributed by atoms with Crippen LogP contribution in [0.2, 0.25) is 0 Å². The average Bonchev–Trinajstić information content (AvgIpc) is 2.02. The van der Waals surface area contributed by atoms with Gasteiger partial charge >= 0.3 is 0 Å². The first-order valence-electron chi connectivity index (χ1n) is 3.75. The molecule has 4 heteroatoms. The predicted octanol–water partition coefficient (Wildman–Crippen LogP) is -0.264. The summed E-state index contributed by atoms with van der Waals surface area (Å²) < 4.78 is 0. The highest BCUT2D eigenvalue weighted by Gasteiger charge is 2.19. The van der Waals surface area contributed by atoms with Crippen molar-refractivity contribution in [1.29, 1.82) is 0 Å². The molecular formula is C8H16N2O2. The van der Waals surface area contributed by atoms with Crippen LogP contribution in [0, 0.1) is 0 Å². The first-order valence-corrected chi connectivity index (χ1v) is 3.75. The van der Waals surface area contributed by atoms with Crippen molar-refractivity contribution in [3.63, 3.8) is 0 Å². The minimum atomic E-state index is -0.596. The SMILES string of the molecule is C/C(=C\N)C(=O)NC(C)(C)CO. The Morgan fingerprint density at radius 1 is 1.67 bits per heavy atom. The van der Waals surface area contributed by atoms with Gasteiger partial charge in [0.05, 0.1) is 12.1 Å². The number of nitrogens with two attached hydrogens (primary N) is 1. The number of carbonyl (C=O) groups is 1. The summed E-state index contributed by atoms with van der Waals surface area (Å²) >= 11 is 0. The Morgan fingerprint density at radius 3 is 2.50 bits per heavy atom. The lowest BCUT2D eigenvalue weighted by Gasteiger charge is -2.23. The molecule has 0 aromatic rings. The van der Waals surface area contributed by atoms with E-state index in [1.54, 1.807) is 20.8 Å². The lowest BCUT2D eigenvalue weighted by atomic mass is 10.1. The molecule has 0 heterocycles. The van der Waals surface area contributed by atoms with E-state index in [1.165, 1.54) is 6.20 Å². The molecule has 0 rings (SSSR count). The Balaban J connectivity index is 4.19. The first-order chi connectivity index (χ1) is 5.43. The Kier molecular flexibility index (Phi) is 3.76. The molecule has 0 aliphatic heterocycles. The number of aliphatic hydroxyl groups excluding tert-OH is 1. The van der Waals surface area contributed by atoms with Crippen LogP contribution < -0.4 is 11.1 Å². The normalized spacial score (nSPS) is 12.8. The first kappa shape index (κ1) is 11.0. The van der Waals surface area contributed by atoms with Crippen LogP contribution in [-0.4, -0.2) is 23.2 Å². The van der Waals surface area contributed by atoms with E-state index in [1.807, 2.05) is 0 Å². The third kappa shape index (κ3) is 3.39. The molecule has 0 radical (unpaired) electrons. The number of nitrogens with one attached hydrogen (secondary N) is 1. The van der Waals surface area contributed by atoms with Crippen molar-refractivity contribution < 1.29 is 9.90 Å². The van der Waals surface area contributed by atoms with Crippen LogP contribution in [0.25, 0.3) is 0 Å². The molecule has 1 amide bonds. The monoisotopic (exact) mass is 172 g/mol. The van der Waals surface area contributed by atoms with Crippen molar-refractivity contribution in [2.24, 2.45) is 5.73 Å². The van der Waals surface area contributed by atoms with Crippen molar-refractivity contribution >= 4 is 5.91 Å². The minimum absolute atomic E-state index is 0.101. The fourth-order valence-corrected chi connectivity index (χ4v) is 0.521. The van der Waals surface area contributed by atoms with Crippen LogP contribution in [0.3, 0.4) is 0 Å². The Bertz CT molecular complexity index is 197. The van der Waals surface area contributed by atoms with Gasteiger partial charge < -0.3 is 16.2 Å². The van der Waals surface area contributed by atoms with Crippen LogP contribution in [0.1, 0.15) is 20.8 Å². The second-order valence-electron chi connectivity index (χ2n) is 3.35. The zero-order chi connectivity index (χ0) is 9.78. The third-order valence-corrected chi connectivity index (χ3v) is 1.46. The van der Waals surface area contributed by atoms with Gasteiger partial charge in [-0.05, 0) is 20.8 Å². The van der Waals surface area contributed by atoms with Gasteiger partial charge in [0, 0.05) is 11.8 Å². The van der Waals surface area contributed by atoms with Gasteiger partial charge in [-0.2, -0.15) is 0 Å². The molecule has 0 spiro atoms. The molecule has 12 heavy (non-hydrogen) atoms. The van der Waals surface area contributed by atoms with Gasteiger partial charge in [-0.15, -0.1) is 0 Å². The number of hydrogen-bond acceptors (Lipinski definition) is 3. The summed E-state index contributed by atoms with van der Waals surface area (Å²) in [5, 5.41) is 11.5. The lowest BCUT2D eigenvalue weighted by molar-refractivity contribution is -0.119. The van der Waals surface area contributed by atoms with E-state index in [0.717, 1.165) is 0 Å². The second kappa shape index (κ2) is 4.11. The van der Waals surface area contributed by atoms with E-state index in [2.05, 4.69) is 5.32 Å². The van der Waals surface area contributed by atoms with E-state index in [9.17, 15) is 4.79 Å². The van der Waals surface area contributed by atoms with Crippen molar-refractivity contribution in [3.8, 4) is 0 Å². The van der Waals surface area contributed by atoms with Gasteiger partial charge in [0.15, 0.2) is 0 Å². The zero-order valence-corrected chi connectivity index (χ0v) is 7.72. The van der Waals surface area contributed by atoms with Gasteiger partial charge in [-0.1, -0.05) is 0 Å². The molecule has 0 bridgehead atoms. The van der Waals surface area contributed by atoms with Gasteiger partial charge in [0.25, 0.3) is 0 Å². The minimum Gasteiger partial charge on any atom is -0.404 e. The smallest absolute Gasteiger partial charge is 0.248 e. The number of hydrogen-bond donors (Lipinski definition) is 3. The highest BCUT2D eigenvalue weighted by atomic mass is 16.3. The molecule has 0 saturated heterocycles. The molecule has 0 fully saturated rings. The molecular weight excluding hydrogens is 156 g/mol. The van der Waals surface area contributed by atoms with Gasteiger partial charge in [-0.25, -0.2) is 0 Å². The highest BCUT2D eigenvalue weighted by molar-refractivity contribution is 5.93. The quantitative estimate of drug-likeness (QED) is 0.513. The molecule has 0 aliphatic carbocycles. The van der Waals surface area contributed by atoms with Crippen LogP contribution in [0.4, 0.5) is 0 Å². The predicted molar refractivity (Wildman–Crippen MR) is 47.3 cm³/mol. The fraction of sp³-hybridized carbons (Fsp3) is 0.625. The molecule has 0 saturated carbocycles. The van der Waals surface area contributed by atoms with Gasteiger partial charge in [0.2, 0.25) is 5.91 Å². The number of carbonyl (C=O) groups excluding carboxylic acids is 1. The van der Waals surface area contributed by atoms with E-state index < -0.39 is 5.54 Å². The third-order valence-electron chi connectivity index (χ3n) is 1.46. The molecule has 0 aromatic carbocycles. The van der Waals surface area contributed by atoms with E-state index in [0.29, 0.717) is 5.57 Å². The highest BCUT2D eigenvalue weighted by Crippen LogP contribution is 2.01. The van der Waals surface area contributed by atoms with Crippen molar-refractivity contribution in [1.82, 2.24) is 5.32 Å². The van der Waals surface area contributed by atoms with Crippen molar-refractivity contribution in [2.45, 2.75) is 26.3 Å². The van der Waals surface area contributed by atoms with Crippen LogP contribution in [0.15, 0.2) is 11.8 Å². The van der Waals surface area contributed by atoms with E-state index in [-0.39, 0.29) is 12.5 Å². The maximum absolute atomic E-state index is 11.2. The molecule has 0 aromatic heterocycles. The van der Waals surface area contributed by atoms with Crippen LogP contribution in [0.5, 0.6) is 0 Å². The molecule has 4 N–H and O–H groups in total. The number of rotatable bonds is 3. The van der Waals surface area contributed by atoms with Crippen molar-refractivity contribution in [2.75, 3.05) is 6.61 Å². The zero-order valence-electron chi connectivity index (χ0n) is 7.72. The maximum Gasteiger partial charge on any atom is 0.248 e. The number of aliphatic hydroxyl groups is 1. The second-order valence-corrected chi connectivity index (χ2v) is 3.35. The molecule has 70 valence electrons. The average molecular weight is 172 g/mol. The molecule has 0 unspecified atom stereocenters. The van der Waals surface area contributed by atoms with Gasteiger partial charge in [-0.3, -0.25) is 4.79 Å². The maximum atomic E-state index is 11.2. The molecule has 0 atom stereocenters. The summed E-state index contributed by atoms with van der Waals surface area (Å²) in [6.45, 7) is 4.97. The molecule has 0 aliphatic rings. The topological polar surface area (TPSA) is 75.4 Å². The summed E-state index contributed by atoms with van der Waals surface area (Å²) in [6.07, 6.45) is 1.24. The standard InChI is InChI=1S/C8H16N2O2/c1-6(4-9)7(12)10-8(2,3)5-11/h4,11H,5,9H2,1-3H3,(H,10,12)/b6-4+.